The van der Waals surface area contributed by atoms with Crippen molar-refractivity contribution in [1.29, 1.82) is 0 Å². The van der Waals surface area contributed by atoms with E-state index in [1.807, 2.05) is 24.3 Å². The number of aliphatic hydroxyl groups excluding tert-OH is 1. The lowest BCUT2D eigenvalue weighted by atomic mass is 10.1. The minimum Gasteiger partial charge on any atom is -0.392 e. The molecule has 0 saturated heterocycles. The normalized spacial score (nSPS) is 10.2. The fraction of sp³-hybridized carbons (Fsp3) is 0.235. The Labute approximate surface area is 139 Å². The lowest BCUT2D eigenvalue weighted by molar-refractivity contribution is -0.385. The van der Waals surface area contributed by atoms with Crippen molar-refractivity contribution in [3.05, 3.63) is 75.3 Å². The van der Waals surface area contributed by atoms with Gasteiger partial charge in [-0.2, -0.15) is 0 Å². The van der Waals surface area contributed by atoms with E-state index in [1.54, 1.807) is 18.2 Å². The first-order valence-corrected chi connectivity index (χ1v) is 7.53. The number of nitro benzene ring substituents is 1. The summed E-state index contributed by atoms with van der Waals surface area (Å²) < 4.78 is 0. The number of carbonyl (C=O) groups excluding carboxylic acids is 1. The maximum atomic E-state index is 11.8. The molecule has 2 amide bonds. The van der Waals surface area contributed by atoms with Gasteiger partial charge in [-0.1, -0.05) is 42.5 Å². The minimum atomic E-state index is -0.467. The van der Waals surface area contributed by atoms with Gasteiger partial charge in [0, 0.05) is 18.2 Å². The fourth-order valence-corrected chi connectivity index (χ4v) is 2.21. The molecule has 126 valence electrons. The van der Waals surface area contributed by atoms with Crippen molar-refractivity contribution >= 4 is 11.7 Å². The average molecular weight is 329 g/mol. The van der Waals surface area contributed by atoms with Gasteiger partial charge < -0.3 is 15.7 Å². The summed E-state index contributed by atoms with van der Waals surface area (Å²) in [4.78, 5) is 22.2. The summed E-state index contributed by atoms with van der Waals surface area (Å²) in [5.41, 5.74) is 2.33. The van der Waals surface area contributed by atoms with Crippen LogP contribution in [0.15, 0.2) is 48.5 Å². The van der Waals surface area contributed by atoms with Gasteiger partial charge in [-0.05, 0) is 17.5 Å². The van der Waals surface area contributed by atoms with Gasteiger partial charge in [0.15, 0.2) is 0 Å². The van der Waals surface area contributed by atoms with Crippen LogP contribution >= 0.6 is 0 Å². The molecule has 0 bridgehead atoms. The number of hydrogen-bond acceptors (Lipinski definition) is 4. The van der Waals surface area contributed by atoms with Crippen LogP contribution < -0.4 is 10.6 Å². The molecule has 7 heteroatoms. The van der Waals surface area contributed by atoms with E-state index in [0.29, 0.717) is 18.5 Å². The highest BCUT2D eigenvalue weighted by Gasteiger charge is 2.12. The van der Waals surface area contributed by atoms with Crippen molar-refractivity contribution < 1.29 is 14.8 Å². The molecule has 0 aliphatic carbocycles. The first-order valence-electron chi connectivity index (χ1n) is 7.53. The van der Waals surface area contributed by atoms with E-state index in [4.69, 9.17) is 5.11 Å². The van der Waals surface area contributed by atoms with Gasteiger partial charge in [-0.3, -0.25) is 10.1 Å². The second-order valence-corrected chi connectivity index (χ2v) is 5.22. The van der Waals surface area contributed by atoms with Gasteiger partial charge in [-0.15, -0.1) is 0 Å². The summed E-state index contributed by atoms with van der Waals surface area (Å²) in [6, 6.07) is 13.4. The van der Waals surface area contributed by atoms with Crippen LogP contribution in [0.5, 0.6) is 0 Å². The Morgan fingerprint density at radius 2 is 1.71 bits per heavy atom. The maximum Gasteiger partial charge on any atom is 0.315 e. The molecule has 0 aliphatic rings. The number of aliphatic hydroxyl groups is 1. The topological polar surface area (TPSA) is 104 Å². The van der Waals surface area contributed by atoms with Gasteiger partial charge in [0.25, 0.3) is 5.69 Å². The summed E-state index contributed by atoms with van der Waals surface area (Å²) in [6.07, 6.45) is 0.657. The number of nitrogens with zero attached hydrogens (tertiary/aromatic N) is 1. The van der Waals surface area contributed by atoms with Crippen molar-refractivity contribution in [2.45, 2.75) is 19.6 Å². The third-order valence-corrected chi connectivity index (χ3v) is 3.53. The molecule has 0 atom stereocenters. The lowest BCUT2D eigenvalue weighted by Crippen LogP contribution is -2.36. The SMILES string of the molecule is O=C(NCCc1ccc(CO)cc1)NCc1ccccc1[N+](=O)[O-]. The molecule has 0 aromatic heterocycles. The van der Waals surface area contributed by atoms with Crippen molar-refractivity contribution in [2.24, 2.45) is 0 Å². The fourth-order valence-electron chi connectivity index (χ4n) is 2.21. The number of nitrogens with one attached hydrogen (secondary N) is 2. The van der Waals surface area contributed by atoms with Crippen molar-refractivity contribution in [2.75, 3.05) is 6.54 Å². The molecular weight excluding hydrogens is 310 g/mol. The second-order valence-electron chi connectivity index (χ2n) is 5.22. The number of benzene rings is 2. The average Bonchev–Trinajstić information content (AvgIpc) is 2.60. The molecule has 24 heavy (non-hydrogen) atoms. The van der Waals surface area contributed by atoms with Crippen LogP contribution in [0.3, 0.4) is 0 Å². The molecule has 0 unspecified atom stereocenters. The Kier molecular flexibility index (Phi) is 6.27. The monoisotopic (exact) mass is 329 g/mol. The molecule has 0 saturated carbocycles. The zero-order valence-electron chi connectivity index (χ0n) is 13.1. The molecule has 3 N–H and O–H groups in total. The van der Waals surface area contributed by atoms with Gasteiger partial charge in [-0.25, -0.2) is 4.79 Å². The number of urea groups is 1. The van der Waals surface area contributed by atoms with Crippen LogP contribution in [0.4, 0.5) is 10.5 Å². The first-order chi connectivity index (χ1) is 11.6. The van der Waals surface area contributed by atoms with Gasteiger partial charge in [0.2, 0.25) is 0 Å². The molecule has 0 spiro atoms. The number of hydrogen-bond donors (Lipinski definition) is 3. The molecule has 0 fully saturated rings. The molecule has 0 aliphatic heterocycles. The van der Waals surface area contributed by atoms with E-state index in [0.717, 1.165) is 11.1 Å². The summed E-state index contributed by atoms with van der Waals surface area (Å²) in [6.45, 7) is 0.544. The standard InChI is InChI=1S/C17H19N3O4/c21-12-14-7-5-13(6-8-14)9-10-18-17(22)19-11-15-3-1-2-4-16(15)20(23)24/h1-8,21H,9-12H2,(H2,18,19,22). The number of rotatable bonds is 7. The quantitative estimate of drug-likeness (QED) is 0.534. The van der Waals surface area contributed by atoms with E-state index >= 15 is 0 Å². The largest absolute Gasteiger partial charge is 0.392 e. The van der Waals surface area contributed by atoms with Gasteiger partial charge in [0.1, 0.15) is 0 Å². The highest BCUT2D eigenvalue weighted by Crippen LogP contribution is 2.16. The predicted octanol–water partition coefficient (Wildman–Crippen LogP) is 2.13. The molecule has 2 aromatic rings. The Balaban J connectivity index is 1.76. The Morgan fingerprint density at radius 1 is 1.04 bits per heavy atom. The van der Waals surface area contributed by atoms with Crippen molar-refractivity contribution in [1.82, 2.24) is 10.6 Å². The summed E-state index contributed by atoms with van der Waals surface area (Å²) >= 11 is 0. The Bertz CT molecular complexity index is 701. The lowest BCUT2D eigenvalue weighted by Gasteiger charge is -2.08. The summed E-state index contributed by atoms with van der Waals surface area (Å²) in [5.74, 6) is 0. The predicted molar refractivity (Wildman–Crippen MR) is 89.4 cm³/mol. The Morgan fingerprint density at radius 3 is 2.38 bits per heavy atom. The van der Waals surface area contributed by atoms with Crippen molar-refractivity contribution in [3.63, 3.8) is 0 Å². The molecule has 7 nitrogen and oxygen atoms in total. The molecular formula is C17H19N3O4. The van der Waals surface area contributed by atoms with Crippen LogP contribution in [0, 0.1) is 10.1 Å². The molecule has 0 radical (unpaired) electrons. The highest BCUT2D eigenvalue weighted by atomic mass is 16.6. The van der Waals surface area contributed by atoms with E-state index < -0.39 is 4.92 Å². The smallest absolute Gasteiger partial charge is 0.315 e. The third kappa shape index (κ3) is 5.06. The number of amides is 2. The zero-order chi connectivity index (χ0) is 17.4. The molecule has 2 aromatic carbocycles. The van der Waals surface area contributed by atoms with E-state index in [9.17, 15) is 14.9 Å². The number of carbonyl (C=O) groups is 1. The van der Waals surface area contributed by atoms with E-state index in [2.05, 4.69) is 10.6 Å². The van der Waals surface area contributed by atoms with Gasteiger partial charge >= 0.3 is 6.03 Å². The molecule has 2 rings (SSSR count). The van der Waals surface area contributed by atoms with Crippen LogP contribution in [0.2, 0.25) is 0 Å². The van der Waals surface area contributed by atoms with Crippen molar-refractivity contribution in [3.8, 4) is 0 Å². The maximum absolute atomic E-state index is 11.8. The Hall–Kier alpha value is -2.93. The third-order valence-electron chi connectivity index (χ3n) is 3.53. The van der Waals surface area contributed by atoms with Crippen LogP contribution in [0.1, 0.15) is 16.7 Å². The summed E-state index contributed by atoms with van der Waals surface area (Å²) in [7, 11) is 0. The van der Waals surface area contributed by atoms with Crippen LogP contribution in [0.25, 0.3) is 0 Å². The minimum absolute atomic E-state index is 0.00651. The number of para-hydroxylation sites is 1. The molecule has 0 heterocycles. The van der Waals surface area contributed by atoms with E-state index in [1.165, 1.54) is 6.07 Å². The van der Waals surface area contributed by atoms with Crippen LogP contribution in [-0.4, -0.2) is 22.6 Å². The second kappa shape index (κ2) is 8.64. The number of nitro groups is 1. The van der Waals surface area contributed by atoms with E-state index in [-0.39, 0.29) is 24.9 Å². The zero-order valence-corrected chi connectivity index (χ0v) is 13.1. The van der Waals surface area contributed by atoms with Gasteiger partial charge in [0.05, 0.1) is 18.1 Å². The first kappa shape index (κ1) is 17.4. The highest BCUT2D eigenvalue weighted by molar-refractivity contribution is 5.74. The van der Waals surface area contributed by atoms with Crippen LogP contribution in [-0.2, 0) is 19.6 Å². The summed E-state index contributed by atoms with van der Waals surface area (Å²) in [5, 5.41) is 25.2.